The largest absolute Gasteiger partial charge is 0.481 e. The summed E-state index contributed by atoms with van der Waals surface area (Å²) in [5.41, 5.74) is 9.48. The van der Waals surface area contributed by atoms with Crippen LogP contribution in [0.5, 0.6) is 0 Å². The summed E-state index contributed by atoms with van der Waals surface area (Å²) >= 11 is 0. The first kappa shape index (κ1) is 24.8. The third kappa shape index (κ3) is 27.9. The summed E-state index contributed by atoms with van der Waals surface area (Å²) in [4.78, 5) is 4.21. The lowest BCUT2D eigenvalue weighted by Crippen LogP contribution is -2.12. The summed E-state index contributed by atoms with van der Waals surface area (Å²) in [6.07, 6.45) is 5.64. The van der Waals surface area contributed by atoms with Crippen molar-refractivity contribution in [1.82, 2.24) is 0 Å². The van der Waals surface area contributed by atoms with Crippen molar-refractivity contribution in [3.05, 3.63) is 0 Å². The Morgan fingerprint density at radius 2 is 2.00 bits per heavy atom. The van der Waals surface area contributed by atoms with E-state index in [1.54, 1.807) is 0 Å². The highest BCUT2D eigenvalue weighted by molar-refractivity contribution is 5.76. The van der Waals surface area contributed by atoms with E-state index < -0.39 is 0 Å². The second-order valence-electron chi connectivity index (χ2n) is 4.00. The van der Waals surface area contributed by atoms with Crippen LogP contribution in [0.25, 0.3) is 0 Å². The molecule has 5 N–H and O–H groups in total. The van der Waals surface area contributed by atoms with Gasteiger partial charge in [0.15, 0.2) is 5.90 Å². The van der Waals surface area contributed by atoms with Crippen LogP contribution in [0.2, 0.25) is 0 Å². The minimum atomic E-state index is 0.219. The standard InChI is InChI=1S/C7H13NO.C4H7N.C3H9NO.CH5N/c1-2-4-7-8-5-3-6-9-7;1-2-3-4-5;4-2-1-3-5;1-2/h2-6H2,1H3;2-3H2,1H3;5H,1-4H2;2H2,1H3. The highest BCUT2D eigenvalue weighted by atomic mass is 16.5. The molecular formula is C15H34N4O2. The van der Waals surface area contributed by atoms with Crippen molar-refractivity contribution in [1.29, 1.82) is 5.26 Å². The zero-order valence-corrected chi connectivity index (χ0v) is 14.0. The van der Waals surface area contributed by atoms with E-state index in [1.165, 1.54) is 7.05 Å². The summed E-state index contributed by atoms with van der Waals surface area (Å²) < 4.78 is 5.27. The quantitative estimate of drug-likeness (QED) is 0.716. The van der Waals surface area contributed by atoms with Gasteiger partial charge in [0.25, 0.3) is 0 Å². The Balaban J connectivity index is -0.000000234. The van der Waals surface area contributed by atoms with Crippen molar-refractivity contribution in [3.8, 4) is 6.07 Å². The molecule has 1 aliphatic heterocycles. The molecule has 126 valence electrons. The lowest BCUT2D eigenvalue weighted by molar-refractivity contribution is 0.273. The first-order valence-corrected chi connectivity index (χ1v) is 7.68. The van der Waals surface area contributed by atoms with Crippen LogP contribution < -0.4 is 11.5 Å². The van der Waals surface area contributed by atoms with E-state index in [0.717, 1.165) is 51.2 Å². The molecule has 0 fully saturated rings. The van der Waals surface area contributed by atoms with Gasteiger partial charge in [-0.05, 0) is 32.9 Å². The molecule has 0 radical (unpaired) electrons. The molecule has 0 atom stereocenters. The van der Waals surface area contributed by atoms with E-state index in [0.29, 0.717) is 13.0 Å². The molecule has 0 saturated carbocycles. The van der Waals surface area contributed by atoms with Gasteiger partial charge >= 0.3 is 0 Å². The van der Waals surface area contributed by atoms with Crippen molar-refractivity contribution in [2.24, 2.45) is 16.5 Å². The van der Waals surface area contributed by atoms with Crippen LogP contribution in [0.3, 0.4) is 0 Å². The molecule has 0 amide bonds. The highest BCUT2D eigenvalue weighted by Gasteiger charge is 2.02. The number of hydrogen-bond acceptors (Lipinski definition) is 6. The molecule has 0 saturated heterocycles. The van der Waals surface area contributed by atoms with Gasteiger partial charge in [0.1, 0.15) is 0 Å². The third-order valence-electron chi connectivity index (χ3n) is 2.05. The normalized spacial score (nSPS) is 11.8. The molecule has 6 nitrogen and oxygen atoms in total. The van der Waals surface area contributed by atoms with Crippen molar-refractivity contribution in [2.45, 2.75) is 52.4 Å². The molecule has 1 heterocycles. The second kappa shape index (κ2) is 27.2. The number of aliphatic imine (C=N–C) groups is 1. The first-order valence-electron chi connectivity index (χ1n) is 7.68. The number of rotatable bonds is 5. The summed E-state index contributed by atoms with van der Waals surface area (Å²) in [6, 6.07) is 2.02. The predicted octanol–water partition coefficient (Wildman–Crippen LogP) is 1.82. The highest BCUT2D eigenvalue weighted by Crippen LogP contribution is 2.01. The number of nitrogens with zero attached hydrogens (tertiary/aromatic N) is 2. The van der Waals surface area contributed by atoms with E-state index in [1.807, 2.05) is 13.0 Å². The smallest absolute Gasteiger partial charge is 0.183 e. The van der Waals surface area contributed by atoms with Crippen LogP contribution in [0.4, 0.5) is 0 Å². The average molecular weight is 302 g/mol. The number of ether oxygens (including phenoxy) is 1. The minimum Gasteiger partial charge on any atom is -0.481 e. The van der Waals surface area contributed by atoms with E-state index in [2.05, 4.69) is 17.6 Å². The van der Waals surface area contributed by atoms with Crippen molar-refractivity contribution in [3.63, 3.8) is 0 Å². The fourth-order valence-electron chi connectivity index (χ4n) is 1.07. The third-order valence-corrected chi connectivity index (χ3v) is 2.05. The second-order valence-corrected chi connectivity index (χ2v) is 4.00. The van der Waals surface area contributed by atoms with Crippen LogP contribution in [0.1, 0.15) is 52.4 Å². The average Bonchev–Trinajstić information content (AvgIpc) is 2.53. The number of nitrogens with two attached hydrogens (primary N) is 2. The van der Waals surface area contributed by atoms with Gasteiger partial charge in [0.2, 0.25) is 0 Å². The molecule has 0 bridgehead atoms. The van der Waals surface area contributed by atoms with Crippen molar-refractivity contribution < 1.29 is 9.84 Å². The van der Waals surface area contributed by atoms with Crippen LogP contribution in [-0.2, 0) is 4.74 Å². The van der Waals surface area contributed by atoms with E-state index in [4.69, 9.17) is 20.8 Å². The molecule has 0 aromatic heterocycles. The summed E-state index contributed by atoms with van der Waals surface area (Å²) in [6.45, 7) is 6.78. The predicted molar refractivity (Wildman–Crippen MR) is 89.2 cm³/mol. The molecule has 6 heteroatoms. The number of aliphatic hydroxyl groups is 1. The van der Waals surface area contributed by atoms with Gasteiger partial charge in [0.05, 0.1) is 12.7 Å². The number of hydrogen-bond donors (Lipinski definition) is 3. The molecule has 0 unspecified atom stereocenters. The molecular weight excluding hydrogens is 268 g/mol. The Morgan fingerprint density at radius 1 is 1.33 bits per heavy atom. The lowest BCUT2D eigenvalue weighted by atomic mass is 10.3. The van der Waals surface area contributed by atoms with Gasteiger partial charge in [0, 0.05) is 32.4 Å². The van der Waals surface area contributed by atoms with Crippen LogP contribution in [-0.4, -0.2) is 44.4 Å². The van der Waals surface area contributed by atoms with Crippen LogP contribution >= 0.6 is 0 Å². The Bertz CT molecular complexity index is 238. The molecule has 1 rings (SSSR count). The molecule has 21 heavy (non-hydrogen) atoms. The summed E-state index contributed by atoms with van der Waals surface area (Å²) in [7, 11) is 1.50. The van der Waals surface area contributed by atoms with Gasteiger partial charge in [-0.25, -0.2) is 0 Å². The maximum atomic E-state index is 7.99. The fourth-order valence-corrected chi connectivity index (χ4v) is 1.07. The van der Waals surface area contributed by atoms with Crippen LogP contribution in [0, 0.1) is 11.3 Å². The van der Waals surface area contributed by atoms with Gasteiger partial charge in [-0.2, -0.15) is 5.26 Å². The molecule has 1 aliphatic rings. The zero-order chi connectivity index (χ0) is 16.8. The Hall–Kier alpha value is -1.16. The first-order chi connectivity index (χ1) is 10.3. The summed E-state index contributed by atoms with van der Waals surface area (Å²) in [5.74, 6) is 0.962. The zero-order valence-electron chi connectivity index (χ0n) is 14.0. The SMILES string of the molecule is CCCC#N.CCCC1=NCCCO1.CN.NCCCO. The fraction of sp³-hybridized carbons (Fsp3) is 0.867. The topological polar surface area (TPSA) is 118 Å². The Morgan fingerprint density at radius 3 is 2.24 bits per heavy atom. The van der Waals surface area contributed by atoms with Gasteiger partial charge in [-0.15, -0.1) is 0 Å². The Kier molecular flexibility index (Phi) is 32.2. The van der Waals surface area contributed by atoms with Gasteiger partial charge in [-0.1, -0.05) is 13.8 Å². The van der Waals surface area contributed by atoms with E-state index >= 15 is 0 Å². The number of unbranched alkanes of at least 4 members (excludes halogenated alkanes) is 1. The number of aliphatic hydroxyl groups excluding tert-OH is 1. The van der Waals surface area contributed by atoms with Gasteiger partial charge in [-0.3, -0.25) is 4.99 Å². The minimum absolute atomic E-state index is 0.219. The Labute approximate surface area is 130 Å². The molecule has 0 aliphatic carbocycles. The molecule has 0 spiro atoms. The molecule has 0 aromatic rings. The molecule has 0 aromatic carbocycles. The van der Waals surface area contributed by atoms with Gasteiger partial charge < -0.3 is 21.3 Å². The van der Waals surface area contributed by atoms with E-state index in [-0.39, 0.29) is 6.61 Å². The maximum Gasteiger partial charge on any atom is 0.183 e. The van der Waals surface area contributed by atoms with Crippen LogP contribution in [0.15, 0.2) is 4.99 Å². The monoisotopic (exact) mass is 302 g/mol. The maximum absolute atomic E-state index is 7.99. The lowest BCUT2D eigenvalue weighted by Gasteiger charge is -2.12. The number of nitriles is 1. The van der Waals surface area contributed by atoms with Crippen molar-refractivity contribution in [2.75, 3.05) is 33.4 Å². The van der Waals surface area contributed by atoms with E-state index in [9.17, 15) is 0 Å². The van der Waals surface area contributed by atoms with Crippen molar-refractivity contribution >= 4 is 5.90 Å². The summed E-state index contributed by atoms with van der Waals surface area (Å²) in [5, 5.41) is 15.8.